The minimum atomic E-state index is -0.794. The molecule has 0 aromatic heterocycles. The molecule has 0 amide bonds. The molecule has 0 N–H and O–H groups in total. The summed E-state index contributed by atoms with van der Waals surface area (Å²) in [6, 6.07) is 12.6. The van der Waals surface area contributed by atoms with Crippen LogP contribution >= 0.6 is 0 Å². The number of ether oxygens (including phenoxy) is 2. The van der Waals surface area contributed by atoms with Gasteiger partial charge in [-0.1, -0.05) is 12.1 Å². The highest BCUT2D eigenvalue weighted by atomic mass is 16.6. The van der Waals surface area contributed by atoms with E-state index in [1.165, 1.54) is 24.3 Å². The Morgan fingerprint density at radius 1 is 1.14 bits per heavy atom. The molecular formula is C16H15NO5. The number of nitro benzene ring substituents is 1. The topological polar surface area (TPSA) is 78.7 Å². The van der Waals surface area contributed by atoms with Gasteiger partial charge in [0.25, 0.3) is 5.69 Å². The lowest BCUT2D eigenvalue weighted by atomic mass is 10.2. The molecule has 22 heavy (non-hydrogen) atoms. The molecule has 0 spiro atoms. The van der Waals surface area contributed by atoms with E-state index in [0.717, 1.165) is 5.56 Å². The van der Waals surface area contributed by atoms with Gasteiger partial charge in [-0.2, -0.15) is 0 Å². The lowest BCUT2D eigenvalue weighted by Gasteiger charge is -2.14. The SMILES string of the molecule is Cc1cccc(O[C@@H](C)C(=O)Oc2ccc([N+](=O)[O-])cc2)c1. The van der Waals surface area contributed by atoms with Crippen LogP contribution in [0, 0.1) is 17.0 Å². The standard InChI is InChI=1S/C16H15NO5/c1-11-4-3-5-15(10-11)21-12(2)16(18)22-14-8-6-13(7-9-14)17(19)20/h3-10,12H,1-2H3/t12-/m0/s1. The van der Waals surface area contributed by atoms with Gasteiger partial charge in [0.1, 0.15) is 11.5 Å². The Morgan fingerprint density at radius 2 is 1.82 bits per heavy atom. The van der Waals surface area contributed by atoms with E-state index in [2.05, 4.69) is 0 Å². The van der Waals surface area contributed by atoms with Crippen molar-refractivity contribution in [3.8, 4) is 11.5 Å². The Morgan fingerprint density at radius 3 is 2.41 bits per heavy atom. The van der Waals surface area contributed by atoms with Gasteiger partial charge in [-0.05, 0) is 43.7 Å². The largest absolute Gasteiger partial charge is 0.479 e. The first-order valence-electron chi connectivity index (χ1n) is 6.65. The number of hydrogen-bond donors (Lipinski definition) is 0. The normalized spacial score (nSPS) is 11.5. The zero-order valence-electron chi connectivity index (χ0n) is 12.2. The molecule has 0 fully saturated rings. The summed E-state index contributed by atoms with van der Waals surface area (Å²) in [5, 5.41) is 10.6. The number of nitro groups is 1. The van der Waals surface area contributed by atoms with Gasteiger partial charge in [0.05, 0.1) is 4.92 Å². The average molecular weight is 301 g/mol. The zero-order valence-corrected chi connectivity index (χ0v) is 12.2. The Hall–Kier alpha value is -2.89. The van der Waals surface area contributed by atoms with Crippen molar-refractivity contribution in [3.63, 3.8) is 0 Å². The number of esters is 1. The van der Waals surface area contributed by atoms with Crippen LogP contribution in [0.2, 0.25) is 0 Å². The van der Waals surface area contributed by atoms with Gasteiger partial charge in [-0.25, -0.2) is 4.79 Å². The Labute approximate surface area is 127 Å². The smallest absolute Gasteiger partial charge is 0.352 e. The average Bonchev–Trinajstić information content (AvgIpc) is 2.47. The van der Waals surface area contributed by atoms with E-state index in [1.807, 2.05) is 25.1 Å². The molecule has 0 unspecified atom stereocenters. The molecule has 0 saturated carbocycles. The summed E-state index contributed by atoms with van der Waals surface area (Å²) in [6.45, 7) is 3.50. The summed E-state index contributed by atoms with van der Waals surface area (Å²) in [5.74, 6) is 0.235. The molecule has 0 heterocycles. The van der Waals surface area contributed by atoms with Crippen LogP contribution in [-0.2, 0) is 4.79 Å². The van der Waals surface area contributed by atoms with Crippen LogP contribution < -0.4 is 9.47 Å². The highest BCUT2D eigenvalue weighted by molar-refractivity contribution is 5.77. The summed E-state index contributed by atoms with van der Waals surface area (Å²) in [6.07, 6.45) is -0.794. The molecule has 0 aliphatic carbocycles. The van der Waals surface area contributed by atoms with Crippen molar-refractivity contribution >= 4 is 11.7 Å². The zero-order chi connectivity index (χ0) is 16.1. The molecule has 0 radical (unpaired) electrons. The second-order valence-corrected chi connectivity index (χ2v) is 4.75. The van der Waals surface area contributed by atoms with Gasteiger partial charge < -0.3 is 9.47 Å². The monoisotopic (exact) mass is 301 g/mol. The second-order valence-electron chi connectivity index (χ2n) is 4.75. The summed E-state index contributed by atoms with van der Waals surface area (Å²) in [7, 11) is 0. The van der Waals surface area contributed by atoms with E-state index < -0.39 is 17.0 Å². The first-order valence-corrected chi connectivity index (χ1v) is 6.65. The maximum Gasteiger partial charge on any atom is 0.352 e. The molecule has 2 aromatic carbocycles. The fourth-order valence-electron chi connectivity index (χ4n) is 1.78. The number of hydrogen-bond acceptors (Lipinski definition) is 5. The Bertz CT molecular complexity index is 681. The maximum atomic E-state index is 11.9. The molecule has 6 nitrogen and oxygen atoms in total. The molecular weight excluding hydrogens is 286 g/mol. The van der Waals surface area contributed by atoms with Gasteiger partial charge >= 0.3 is 5.97 Å². The fourth-order valence-corrected chi connectivity index (χ4v) is 1.78. The molecule has 0 aliphatic heterocycles. The van der Waals surface area contributed by atoms with Crippen molar-refractivity contribution in [3.05, 3.63) is 64.2 Å². The molecule has 114 valence electrons. The van der Waals surface area contributed by atoms with Crippen molar-refractivity contribution < 1.29 is 19.2 Å². The van der Waals surface area contributed by atoms with Crippen molar-refractivity contribution in [1.82, 2.24) is 0 Å². The second kappa shape index (κ2) is 6.71. The number of non-ortho nitro benzene ring substituents is 1. The Kier molecular flexibility index (Phi) is 4.73. The minimum Gasteiger partial charge on any atom is -0.479 e. The van der Waals surface area contributed by atoms with Crippen molar-refractivity contribution in [1.29, 1.82) is 0 Å². The van der Waals surface area contributed by atoms with Gasteiger partial charge in [0, 0.05) is 12.1 Å². The number of nitrogens with zero attached hydrogens (tertiary/aromatic N) is 1. The third kappa shape index (κ3) is 4.05. The van der Waals surface area contributed by atoms with Crippen LogP contribution in [0.1, 0.15) is 12.5 Å². The van der Waals surface area contributed by atoms with E-state index in [9.17, 15) is 14.9 Å². The van der Waals surface area contributed by atoms with E-state index in [1.54, 1.807) is 13.0 Å². The number of carbonyl (C=O) groups excluding carboxylic acids is 1. The molecule has 1 atom stereocenters. The highest BCUT2D eigenvalue weighted by Crippen LogP contribution is 2.19. The van der Waals surface area contributed by atoms with Crippen LogP contribution in [-0.4, -0.2) is 17.0 Å². The third-order valence-electron chi connectivity index (χ3n) is 2.90. The number of benzene rings is 2. The fraction of sp³-hybridized carbons (Fsp3) is 0.188. The first-order chi connectivity index (χ1) is 10.5. The minimum absolute atomic E-state index is 0.0659. The molecule has 2 aromatic rings. The van der Waals surface area contributed by atoms with E-state index in [4.69, 9.17) is 9.47 Å². The number of carbonyl (C=O) groups is 1. The van der Waals surface area contributed by atoms with Gasteiger partial charge in [0.15, 0.2) is 6.10 Å². The lowest BCUT2D eigenvalue weighted by molar-refractivity contribution is -0.384. The lowest BCUT2D eigenvalue weighted by Crippen LogP contribution is -2.28. The van der Waals surface area contributed by atoms with E-state index in [0.29, 0.717) is 5.75 Å². The molecule has 0 aliphatic rings. The highest BCUT2D eigenvalue weighted by Gasteiger charge is 2.18. The number of rotatable bonds is 5. The van der Waals surface area contributed by atoms with Crippen LogP contribution in [0.25, 0.3) is 0 Å². The Balaban J connectivity index is 1.97. The van der Waals surface area contributed by atoms with Gasteiger partial charge in [0.2, 0.25) is 0 Å². The van der Waals surface area contributed by atoms with Crippen molar-refractivity contribution in [2.24, 2.45) is 0 Å². The van der Waals surface area contributed by atoms with Crippen LogP contribution in [0.5, 0.6) is 11.5 Å². The first kappa shape index (κ1) is 15.5. The number of aryl methyl sites for hydroxylation is 1. The van der Waals surface area contributed by atoms with E-state index >= 15 is 0 Å². The maximum absolute atomic E-state index is 11.9. The quantitative estimate of drug-likeness (QED) is 0.366. The summed E-state index contributed by atoms with van der Waals surface area (Å²) >= 11 is 0. The summed E-state index contributed by atoms with van der Waals surface area (Å²) in [4.78, 5) is 22.0. The third-order valence-corrected chi connectivity index (χ3v) is 2.90. The molecule has 0 bridgehead atoms. The van der Waals surface area contributed by atoms with E-state index in [-0.39, 0.29) is 11.4 Å². The molecule has 2 rings (SSSR count). The predicted octanol–water partition coefficient (Wildman–Crippen LogP) is 3.28. The van der Waals surface area contributed by atoms with Crippen LogP contribution in [0.4, 0.5) is 5.69 Å². The van der Waals surface area contributed by atoms with Crippen LogP contribution in [0.3, 0.4) is 0 Å². The summed E-state index contributed by atoms with van der Waals surface area (Å²) < 4.78 is 10.6. The van der Waals surface area contributed by atoms with Gasteiger partial charge in [-0.15, -0.1) is 0 Å². The predicted molar refractivity (Wildman–Crippen MR) is 80.0 cm³/mol. The van der Waals surface area contributed by atoms with Crippen LogP contribution in [0.15, 0.2) is 48.5 Å². The molecule has 6 heteroatoms. The summed E-state index contributed by atoms with van der Waals surface area (Å²) in [5.41, 5.74) is 0.956. The molecule has 0 saturated heterocycles. The van der Waals surface area contributed by atoms with Crippen molar-refractivity contribution in [2.45, 2.75) is 20.0 Å². The van der Waals surface area contributed by atoms with Crippen molar-refractivity contribution in [2.75, 3.05) is 0 Å². The van der Waals surface area contributed by atoms with Gasteiger partial charge in [-0.3, -0.25) is 10.1 Å².